The van der Waals surface area contributed by atoms with E-state index in [9.17, 15) is 22.8 Å². The van der Waals surface area contributed by atoms with Crippen LogP contribution in [-0.2, 0) is 19.6 Å². The van der Waals surface area contributed by atoms with Crippen molar-refractivity contribution < 1.29 is 23.1 Å². The predicted octanol–water partition coefficient (Wildman–Crippen LogP) is 1.72. The summed E-state index contributed by atoms with van der Waals surface area (Å²) in [5.74, 6) is -1.34. The van der Waals surface area contributed by atoms with Crippen LogP contribution in [0.15, 0.2) is 29.6 Å². The van der Waals surface area contributed by atoms with Crippen molar-refractivity contribution in [3.05, 3.63) is 46.7 Å². The van der Waals surface area contributed by atoms with Crippen LogP contribution in [0.25, 0.3) is 11.0 Å². The number of hydrogen-bond donors (Lipinski definition) is 1. The Hall–Kier alpha value is -3.11. The Kier molecular flexibility index (Phi) is 4.30. The lowest BCUT2D eigenvalue weighted by Gasteiger charge is -2.07. The van der Waals surface area contributed by atoms with Gasteiger partial charge in [-0.05, 0) is 13.0 Å². The number of imidazole rings is 2. The van der Waals surface area contributed by atoms with Crippen LogP contribution < -0.4 is 5.69 Å². The van der Waals surface area contributed by atoms with Crippen LogP contribution in [0.1, 0.15) is 23.1 Å². The maximum absolute atomic E-state index is 12.9. The Morgan fingerprint density at radius 2 is 1.96 bits per heavy atom. The molecule has 8 nitrogen and oxygen atoms in total. The van der Waals surface area contributed by atoms with Crippen LogP contribution >= 0.6 is 0 Å². The summed E-state index contributed by atoms with van der Waals surface area (Å²) in [4.78, 5) is 31.3. The van der Waals surface area contributed by atoms with E-state index in [1.807, 2.05) is 6.92 Å². The zero-order valence-electron chi connectivity index (χ0n) is 13.6. The van der Waals surface area contributed by atoms with Crippen LogP contribution in [0.4, 0.5) is 13.2 Å². The number of fused-ring (bicyclic) bond motifs is 1. The van der Waals surface area contributed by atoms with Gasteiger partial charge in [0.1, 0.15) is 12.2 Å². The molecule has 0 radical (unpaired) electrons. The molecule has 0 amide bonds. The molecule has 0 atom stereocenters. The van der Waals surface area contributed by atoms with E-state index in [1.165, 1.54) is 6.20 Å². The standard InChI is InChI=1S/C15H14F3N5O3/c1-2-21-8-19-4-9(21)6-22-11-3-10(13(24)25)20-5-12(11)23(14(22)26)7-15(16,17)18/h3-5,8H,2,6-7H2,1H3,(H,24,25). The average molecular weight is 369 g/mol. The summed E-state index contributed by atoms with van der Waals surface area (Å²) in [5.41, 5.74) is -0.672. The van der Waals surface area contributed by atoms with E-state index in [0.29, 0.717) is 16.8 Å². The van der Waals surface area contributed by atoms with Gasteiger partial charge in [-0.25, -0.2) is 19.6 Å². The quantitative estimate of drug-likeness (QED) is 0.739. The van der Waals surface area contributed by atoms with Gasteiger partial charge < -0.3 is 9.67 Å². The van der Waals surface area contributed by atoms with Gasteiger partial charge in [0.15, 0.2) is 0 Å². The summed E-state index contributed by atoms with van der Waals surface area (Å²) in [6.45, 7) is 0.883. The number of rotatable bonds is 5. The first-order valence-corrected chi connectivity index (χ1v) is 7.59. The van der Waals surface area contributed by atoms with Gasteiger partial charge in [-0.2, -0.15) is 13.2 Å². The van der Waals surface area contributed by atoms with Gasteiger partial charge in [0.25, 0.3) is 0 Å². The molecule has 0 aromatic carbocycles. The van der Waals surface area contributed by atoms with E-state index >= 15 is 0 Å². The Balaban J connectivity index is 2.22. The summed E-state index contributed by atoms with van der Waals surface area (Å²) >= 11 is 0. The van der Waals surface area contributed by atoms with Crippen LogP contribution in [-0.4, -0.2) is 40.9 Å². The third-order valence-corrected chi connectivity index (χ3v) is 3.92. The molecule has 0 bridgehead atoms. The Labute approximate surface area is 144 Å². The molecule has 0 aliphatic rings. The monoisotopic (exact) mass is 369 g/mol. The normalized spacial score (nSPS) is 12.0. The second kappa shape index (κ2) is 6.32. The fourth-order valence-corrected chi connectivity index (χ4v) is 2.74. The number of alkyl halides is 3. The fourth-order valence-electron chi connectivity index (χ4n) is 2.74. The first-order valence-electron chi connectivity index (χ1n) is 7.59. The van der Waals surface area contributed by atoms with Crippen LogP contribution in [0.2, 0.25) is 0 Å². The Morgan fingerprint density at radius 3 is 2.58 bits per heavy atom. The molecule has 0 aliphatic carbocycles. The van der Waals surface area contributed by atoms with E-state index < -0.39 is 24.4 Å². The maximum atomic E-state index is 12.9. The lowest BCUT2D eigenvalue weighted by Crippen LogP contribution is -2.30. The molecule has 138 valence electrons. The lowest BCUT2D eigenvalue weighted by molar-refractivity contribution is -0.140. The number of carboxylic acid groups (broad SMARTS) is 1. The molecule has 0 saturated heterocycles. The van der Waals surface area contributed by atoms with Crippen molar-refractivity contribution in [3.63, 3.8) is 0 Å². The van der Waals surface area contributed by atoms with E-state index in [-0.39, 0.29) is 23.3 Å². The molecule has 0 saturated carbocycles. The van der Waals surface area contributed by atoms with Gasteiger partial charge in [-0.3, -0.25) is 9.13 Å². The van der Waals surface area contributed by atoms with Gasteiger partial charge in [-0.15, -0.1) is 0 Å². The minimum Gasteiger partial charge on any atom is -0.477 e. The van der Waals surface area contributed by atoms with Crippen molar-refractivity contribution in [1.29, 1.82) is 0 Å². The Bertz CT molecular complexity index is 1030. The van der Waals surface area contributed by atoms with Gasteiger partial charge in [0.2, 0.25) is 0 Å². The number of carbonyl (C=O) groups is 1. The van der Waals surface area contributed by atoms with Crippen molar-refractivity contribution in [2.24, 2.45) is 0 Å². The smallest absolute Gasteiger partial charge is 0.406 e. The molecule has 3 heterocycles. The molecular weight excluding hydrogens is 355 g/mol. The number of aromatic nitrogens is 5. The predicted molar refractivity (Wildman–Crippen MR) is 84.0 cm³/mol. The molecule has 3 rings (SSSR count). The highest BCUT2D eigenvalue weighted by molar-refractivity contribution is 5.90. The number of hydrogen-bond acceptors (Lipinski definition) is 4. The van der Waals surface area contributed by atoms with E-state index in [2.05, 4.69) is 9.97 Å². The highest BCUT2D eigenvalue weighted by Gasteiger charge is 2.31. The fraction of sp³-hybridized carbons (Fsp3) is 0.333. The number of pyridine rings is 1. The molecule has 26 heavy (non-hydrogen) atoms. The van der Waals surface area contributed by atoms with Gasteiger partial charge in [0, 0.05) is 12.7 Å². The van der Waals surface area contributed by atoms with Gasteiger partial charge in [-0.1, -0.05) is 0 Å². The van der Waals surface area contributed by atoms with E-state index in [1.54, 1.807) is 10.9 Å². The molecule has 3 aromatic rings. The summed E-state index contributed by atoms with van der Waals surface area (Å²) in [7, 11) is 0. The second-order valence-electron chi connectivity index (χ2n) is 5.60. The van der Waals surface area contributed by atoms with Crippen LogP contribution in [0, 0.1) is 0 Å². The first kappa shape index (κ1) is 17.7. The molecule has 0 spiro atoms. The van der Waals surface area contributed by atoms with Crippen molar-refractivity contribution in [1.82, 2.24) is 23.7 Å². The summed E-state index contributed by atoms with van der Waals surface area (Å²) in [6, 6.07) is 1.10. The molecule has 11 heteroatoms. The topological polar surface area (TPSA) is 94.9 Å². The number of aryl methyl sites for hydroxylation is 1. The largest absolute Gasteiger partial charge is 0.477 e. The second-order valence-corrected chi connectivity index (χ2v) is 5.60. The van der Waals surface area contributed by atoms with Crippen LogP contribution in [0.3, 0.4) is 0 Å². The highest BCUT2D eigenvalue weighted by Crippen LogP contribution is 2.21. The zero-order valence-corrected chi connectivity index (χ0v) is 13.6. The van der Waals surface area contributed by atoms with Gasteiger partial charge in [0.05, 0.1) is 35.8 Å². The zero-order chi connectivity index (χ0) is 19.1. The van der Waals surface area contributed by atoms with Crippen molar-refractivity contribution in [2.75, 3.05) is 0 Å². The summed E-state index contributed by atoms with van der Waals surface area (Å²) < 4.78 is 42.0. The third kappa shape index (κ3) is 3.19. The molecule has 3 aromatic heterocycles. The minimum atomic E-state index is -4.61. The SMILES string of the molecule is CCn1cncc1Cn1c(=O)n(CC(F)(F)F)c2cnc(C(=O)O)cc21. The first-order chi connectivity index (χ1) is 12.2. The number of halogens is 3. The third-order valence-electron chi connectivity index (χ3n) is 3.92. The number of carboxylic acids is 1. The number of nitrogens with zero attached hydrogens (tertiary/aromatic N) is 5. The molecule has 0 aliphatic heterocycles. The van der Waals surface area contributed by atoms with Crippen LogP contribution in [0.5, 0.6) is 0 Å². The maximum Gasteiger partial charge on any atom is 0.406 e. The van der Waals surface area contributed by atoms with E-state index in [4.69, 9.17) is 5.11 Å². The summed E-state index contributed by atoms with van der Waals surface area (Å²) in [5, 5.41) is 9.09. The Morgan fingerprint density at radius 1 is 1.23 bits per heavy atom. The van der Waals surface area contributed by atoms with Crippen molar-refractivity contribution in [3.8, 4) is 0 Å². The average Bonchev–Trinajstić information content (AvgIpc) is 3.11. The van der Waals surface area contributed by atoms with Crippen molar-refractivity contribution in [2.45, 2.75) is 32.7 Å². The highest BCUT2D eigenvalue weighted by atomic mass is 19.4. The van der Waals surface area contributed by atoms with Crippen molar-refractivity contribution >= 4 is 17.0 Å². The summed E-state index contributed by atoms with van der Waals surface area (Å²) in [6.07, 6.45) is -0.596. The molecule has 1 N–H and O–H groups in total. The molecule has 0 unspecified atom stereocenters. The minimum absolute atomic E-state index is 0.0445. The molecular formula is C15H14F3N5O3. The lowest BCUT2D eigenvalue weighted by atomic mass is 10.3. The number of aromatic carboxylic acids is 1. The molecule has 0 fully saturated rings. The van der Waals surface area contributed by atoms with E-state index in [0.717, 1.165) is 16.8 Å². The van der Waals surface area contributed by atoms with Gasteiger partial charge >= 0.3 is 17.8 Å².